The van der Waals surface area contributed by atoms with Crippen molar-refractivity contribution >= 4 is 12.1 Å². The second-order valence-corrected chi connectivity index (χ2v) is 1.40. The molecule has 0 aromatic heterocycles. The highest BCUT2D eigenvalue weighted by Crippen LogP contribution is 1.78. The Hall–Kier alpha value is -1.26. The number of hydrogen-bond donors (Lipinski definition) is 1. The zero-order chi connectivity index (χ0) is 7.98. The molecule has 0 saturated carbocycles. The Morgan fingerprint density at radius 2 is 2.10 bits per heavy atom. The Bertz CT molecular complexity index is 118. The van der Waals surface area contributed by atoms with Gasteiger partial charge in [0.05, 0.1) is 7.11 Å². The summed E-state index contributed by atoms with van der Waals surface area (Å²) in [6, 6.07) is 0. The Labute approximate surface area is 58.3 Å². The zero-order valence-corrected chi connectivity index (χ0v) is 5.84. The quantitative estimate of drug-likeness (QED) is 0.535. The van der Waals surface area contributed by atoms with Crippen LogP contribution in [0, 0.1) is 0 Å². The summed E-state index contributed by atoms with van der Waals surface area (Å²) in [5.41, 5.74) is 0. The summed E-state index contributed by atoms with van der Waals surface area (Å²) in [6.45, 7) is -0.351. The number of carbonyl (C=O) groups excluding carboxylic acids is 2. The third-order valence-corrected chi connectivity index (χ3v) is 0.753. The van der Waals surface area contributed by atoms with Crippen molar-refractivity contribution in [3.05, 3.63) is 0 Å². The molecule has 10 heavy (non-hydrogen) atoms. The average Bonchev–Trinajstić information content (AvgIpc) is 1.99. The van der Waals surface area contributed by atoms with E-state index < -0.39 is 12.1 Å². The topological polar surface area (TPSA) is 64.6 Å². The predicted octanol–water partition coefficient (Wildman–Crippen LogP) is -0.485. The van der Waals surface area contributed by atoms with Crippen LogP contribution in [0.2, 0.25) is 0 Å². The van der Waals surface area contributed by atoms with Gasteiger partial charge in [-0.05, 0) is 0 Å². The summed E-state index contributed by atoms with van der Waals surface area (Å²) in [5.74, 6) is -0.580. The van der Waals surface area contributed by atoms with Crippen LogP contribution in [0.25, 0.3) is 0 Å². The van der Waals surface area contributed by atoms with Gasteiger partial charge in [0.25, 0.3) is 0 Å². The van der Waals surface area contributed by atoms with Crippen LogP contribution in [0.5, 0.6) is 0 Å². The number of nitrogens with one attached hydrogen (secondary N) is 1. The maximum Gasteiger partial charge on any atom is 0.407 e. The van der Waals surface area contributed by atoms with E-state index in [9.17, 15) is 9.59 Å². The van der Waals surface area contributed by atoms with E-state index in [2.05, 4.69) is 14.8 Å². The molecule has 0 radical (unpaired) electrons. The molecule has 0 atom stereocenters. The van der Waals surface area contributed by atoms with Crippen LogP contribution < -0.4 is 5.32 Å². The van der Waals surface area contributed by atoms with Crippen molar-refractivity contribution in [1.82, 2.24) is 5.32 Å². The average molecular weight is 147 g/mol. The minimum absolute atomic E-state index is 0.351. The fraction of sp³-hybridized carbons (Fsp3) is 0.600. The summed E-state index contributed by atoms with van der Waals surface area (Å²) in [7, 11) is 2.62. The van der Waals surface area contributed by atoms with Gasteiger partial charge in [0.1, 0.15) is 0 Å². The van der Waals surface area contributed by atoms with Gasteiger partial charge < -0.3 is 14.8 Å². The standard InChI is InChI=1S/C5H9NO4/c1-6-5(8)10-3-4(7)9-2/h3H2,1-2H3,(H,6,8). The van der Waals surface area contributed by atoms with E-state index in [4.69, 9.17) is 0 Å². The number of alkyl carbamates (subject to hydrolysis) is 1. The van der Waals surface area contributed by atoms with E-state index in [1.807, 2.05) is 0 Å². The molecule has 0 aliphatic carbocycles. The first kappa shape index (κ1) is 8.74. The summed E-state index contributed by atoms with van der Waals surface area (Å²) in [6.07, 6.45) is -0.648. The molecular formula is C5H9NO4. The normalized spacial score (nSPS) is 8.20. The number of methoxy groups -OCH3 is 1. The van der Waals surface area contributed by atoms with Crippen molar-refractivity contribution in [3.8, 4) is 0 Å². The van der Waals surface area contributed by atoms with Crippen molar-refractivity contribution in [2.24, 2.45) is 0 Å². The molecule has 1 N–H and O–H groups in total. The first-order valence-corrected chi connectivity index (χ1v) is 2.62. The molecular weight excluding hydrogens is 138 g/mol. The third kappa shape index (κ3) is 3.71. The van der Waals surface area contributed by atoms with Gasteiger partial charge in [-0.3, -0.25) is 0 Å². The summed E-state index contributed by atoms with van der Waals surface area (Å²) in [4.78, 5) is 20.6. The largest absolute Gasteiger partial charge is 0.466 e. The van der Waals surface area contributed by atoms with Gasteiger partial charge in [0.15, 0.2) is 6.61 Å². The molecule has 1 amide bonds. The molecule has 0 saturated heterocycles. The second kappa shape index (κ2) is 4.60. The lowest BCUT2D eigenvalue weighted by molar-refractivity contribution is -0.143. The molecule has 0 spiro atoms. The van der Waals surface area contributed by atoms with Crippen molar-refractivity contribution in [1.29, 1.82) is 0 Å². The summed E-state index contributed by atoms with van der Waals surface area (Å²) < 4.78 is 8.52. The van der Waals surface area contributed by atoms with Gasteiger partial charge in [0.2, 0.25) is 0 Å². The number of amides is 1. The van der Waals surface area contributed by atoms with E-state index >= 15 is 0 Å². The fourth-order valence-electron chi connectivity index (χ4n) is 0.256. The molecule has 0 aliphatic heterocycles. The highest BCUT2D eigenvalue weighted by molar-refractivity contribution is 5.75. The Morgan fingerprint density at radius 1 is 1.50 bits per heavy atom. The lowest BCUT2D eigenvalue weighted by Crippen LogP contribution is -2.23. The SMILES string of the molecule is CNC(=O)OCC(=O)OC. The minimum atomic E-state index is -0.648. The minimum Gasteiger partial charge on any atom is -0.466 e. The molecule has 0 fully saturated rings. The van der Waals surface area contributed by atoms with E-state index in [0.717, 1.165) is 0 Å². The lowest BCUT2D eigenvalue weighted by atomic mass is 10.7. The number of esters is 1. The van der Waals surface area contributed by atoms with Crippen LogP contribution in [0.4, 0.5) is 4.79 Å². The predicted molar refractivity (Wildman–Crippen MR) is 32.4 cm³/mol. The highest BCUT2D eigenvalue weighted by Gasteiger charge is 2.03. The maximum absolute atomic E-state index is 10.3. The fourth-order valence-corrected chi connectivity index (χ4v) is 0.256. The molecule has 0 aromatic carbocycles. The van der Waals surface area contributed by atoms with Crippen LogP contribution >= 0.6 is 0 Å². The van der Waals surface area contributed by atoms with E-state index in [1.54, 1.807) is 0 Å². The van der Waals surface area contributed by atoms with Crippen LogP contribution in [0.1, 0.15) is 0 Å². The van der Waals surface area contributed by atoms with Gasteiger partial charge in [0, 0.05) is 7.05 Å². The maximum atomic E-state index is 10.3. The van der Waals surface area contributed by atoms with Gasteiger partial charge in [-0.1, -0.05) is 0 Å². The van der Waals surface area contributed by atoms with Crippen molar-refractivity contribution < 1.29 is 19.1 Å². The first-order chi connectivity index (χ1) is 4.70. The smallest absolute Gasteiger partial charge is 0.407 e. The number of ether oxygens (including phenoxy) is 2. The molecule has 0 heterocycles. The van der Waals surface area contributed by atoms with Crippen molar-refractivity contribution in [3.63, 3.8) is 0 Å². The van der Waals surface area contributed by atoms with Crippen LogP contribution in [-0.2, 0) is 14.3 Å². The summed E-state index contributed by atoms with van der Waals surface area (Å²) >= 11 is 0. The molecule has 5 nitrogen and oxygen atoms in total. The molecule has 0 unspecified atom stereocenters. The molecule has 0 bridgehead atoms. The number of carbonyl (C=O) groups is 2. The molecule has 58 valence electrons. The Kier molecular flexibility index (Phi) is 4.02. The van der Waals surface area contributed by atoms with Gasteiger partial charge in [-0.15, -0.1) is 0 Å². The highest BCUT2D eigenvalue weighted by atomic mass is 16.6. The Morgan fingerprint density at radius 3 is 2.50 bits per heavy atom. The van der Waals surface area contributed by atoms with Crippen LogP contribution in [0.3, 0.4) is 0 Å². The molecule has 0 rings (SSSR count). The van der Waals surface area contributed by atoms with Gasteiger partial charge in [-0.25, -0.2) is 9.59 Å². The van der Waals surface area contributed by atoms with Crippen LogP contribution in [0.15, 0.2) is 0 Å². The van der Waals surface area contributed by atoms with Crippen molar-refractivity contribution in [2.75, 3.05) is 20.8 Å². The van der Waals surface area contributed by atoms with E-state index in [-0.39, 0.29) is 6.61 Å². The van der Waals surface area contributed by atoms with Gasteiger partial charge >= 0.3 is 12.1 Å². The monoisotopic (exact) mass is 147 g/mol. The first-order valence-electron chi connectivity index (χ1n) is 2.62. The summed E-state index contributed by atoms with van der Waals surface area (Å²) in [5, 5.41) is 2.18. The van der Waals surface area contributed by atoms with E-state index in [1.165, 1.54) is 14.2 Å². The number of hydrogen-bond acceptors (Lipinski definition) is 4. The van der Waals surface area contributed by atoms with Crippen molar-refractivity contribution in [2.45, 2.75) is 0 Å². The zero-order valence-electron chi connectivity index (χ0n) is 5.84. The second-order valence-electron chi connectivity index (χ2n) is 1.40. The lowest BCUT2D eigenvalue weighted by Gasteiger charge is -2.00. The third-order valence-electron chi connectivity index (χ3n) is 0.753. The van der Waals surface area contributed by atoms with E-state index in [0.29, 0.717) is 0 Å². The molecule has 0 aromatic rings. The van der Waals surface area contributed by atoms with Crippen LogP contribution in [-0.4, -0.2) is 32.8 Å². The number of rotatable bonds is 2. The molecule has 0 aliphatic rings. The molecule has 5 heteroatoms. The Balaban J connectivity index is 3.35. The van der Waals surface area contributed by atoms with Gasteiger partial charge in [-0.2, -0.15) is 0 Å².